The third kappa shape index (κ3) is 4.08. The van der Waals surface area contributed by atoms with Gasteiger partial charge in [0.1, 0.15) is 11.3 Å². The van der Waals surface area contributed by atoms with E-state index in [0.717, 1.165) is 0 Å². The summed E-state index contributed by atoms with van der Waals surface area (Å²) in [5.74, 6) is -1.47. The van der Waals surface area contributed by atoms with Crippen LogP contribution in [0.15, 0.2) is 24.3 Å². The summed E-state index contributed by atoms with van der Waals surface area (Å²) < 4.78 is 41.7. The number of hydrogen-bond acceptors (Lipinski definition) is 4. The average Bonchev–Trinajstić information content (AvgIpc) is 3.35. The van der Waals surface area contributed by atoms with E-state index in [2.05, 4.69) is 10.1 Å². The number of benzene rings is 1. The monoisotopic (exact) mass is 389 g/mol. The van der Waals surface area contributed by atoms with Gasteiger partial charge in [0.2, 0.25) is 5.91 Å². The van der Waals surface area contributed by atoms with Gasteiger partial charge in [-0.15, -0.1) is 13.2 Å². The molecule has 3 rings (SSSR count). The van der Waals surface area contributed by atoms with Gasteiger partial charge >= 0.3 is 12.3 Å². The quantitative estimate of drug-likeness (QED) is 0.809. The van der Waals surface area contributed by atoms with Gasteiger partial charge in [0.15, 0.2) is 0 Å². The second-order valence-electron chi connectivity index (χ2n) is 6.52. The first-order chi connectivity index (χ1) is 12.2. The van der Waals surface area contributed by atoms with Crippen LogP contribution < -0.4 is 10.1 Å². The number of rotatable bonds is 5. The average molecular weight is 389 g/mol. The zero-order chi connectivity index (χ0) is 18.9. The SMILES string of the molecule is O=C(NC1(C(=O)O)CCSCC1)C1CC1c1ccccc1OC(F)(F)F. The summed E-state index contributed by atoms with van der Waals surface area (Å²) in [6, 6.07) is 5.74. The van der Waals surface area contributed by atoms with Crippen LogP contribution in [-0.4, -0.2) is 40.4 Å². The minimum absolute atomic E-state index is 0.313. The number of nitrogens with one attached hydrogen (secondary N) is 1. The van der Waals surface area contributed by atoms with Crippen LogP contribution >= 0.6 is 11.8 Å². The van der Waals surface area contributed by atoms with E-state index in [9.17, 15) is 27.9 Å². The van der Waals surface area contributed by atoms with Gasteiger partial charge in [0.25, 0.3) is 0 Å². The van der Waals surface area contributed by atoms with Gasteiger partial charge in [-0.2, -0.15) is 11.8 Å². The molecule has 5 nitrogen and oxygen atoms in total. The summed E-state index contributed by atoms with van der Waals surface area (Å²) in [4.78, 5) is 24.2. The molecular weight excluding hydrogens is 371 g/mol. The van der Waals surface area contributed by atoms with Crippen LogP contribution in [0, 0.1) is 5.92 Å². The third-order valence-electron chi connectivity index (χ3n) is 4.79. The van der Waals surface area contributed by atoms with Crippen LogP contribution in [0.4, 0.5) is 13.2 Å². The Morgan fingerprint density at radius 2 is 1.88 bits per heavy atom. The van der Waals surface area contributed by atoms with E-state index in [1.807, 2.05) is 0 Å². The Bertz CT molecular complexity index is 703. The molecule has 0 spiro atoms. The number of carboxylic acids is 1. The van der Waals surface area contributed by atoms with E-state index in [4.69, 9.17) is 0 Å². The second-order valence-corrected chi connectivity index (χ2v) is 7.75. The predicted molar refractivity (Wildman–Crippen MR) is 89.0 cm³/mol. The van der Waals surface area contributed by atoms with Crippen molar-refractivity contribution in [2.75, 3.05) is 11.5 Å². The number of carbonyl (C=O) groups is 2. The standard InChI is InChI=1S/C17H18F3NO4S/c18-17(19,20)25-13-4-2-1-3-10(13)11-9-12(11)14(22)21-16(15(23)24)5-7-26-8-6-16/h1-4,11-12H,5-9H2,(H,21,22)(H,23,24). The zero-order valence-corrected chi connectivity index (χ0v) is 14.5. The Balaban J connectivity index is 1.70. The Kier molecular flexibility index (Phi) is 5.09. The number of ether oxygens (including phenoxy) is 1. The molecule has 0 bridgehead atoms. The third-order valence-corrected chi connectivity index (χ3v) is 5.78. The number of aliphatic carboxylic acids is 1. The van der Waals surface area contributed by atoms with E-state index in [1.54, 1.807) is 17.8 Å². The number of alkyl halides is 3. The predicted octanol–water partition coefficient (Wildman–Crippen LogP) is 3.16. The number of hydrogen-bond donors (Lipinski definition) is 2. The molecule has 2 aliphatic rings. The van der Waals surface area contributed by atoms with Crippen molar-refractivity contribution < 1.29 is 32.6 Å². The molecular formula is C17H18F3NO4S. The fourth-order valence-corrected chi connectivity index (χ4v) is 4.46. The van der Waals surface area contributed by atoms with E-state index >= 15 is 0 Å². The molecule has 0 aromatic heterocycles. The molecule has 2 fully saturated rings. The highest BCUT2D eigenvalue weighted by Gasteiger charge is 2.50. The van der Waals surface area contributed by atoms with E-state index < -0.39 is 35.6 Å². The van der Waals surface area contributed by atoms with Crippen LogP contribution in [0.2, 0.25) is 0 Å². The molecule has 26 heavy (non-hydrogen) atoms. The minimum Gasteiger partial charge on any atom is -0.480 e. The lowest BCUT2D eigenvalue weighted by Crippen LogP contribution is -2.57. The normalized spacial score (nSPS) is 24.6. The van der Waals surface area contributed by atoms with Gasteiger partial charge < -0.3 is 15.2 Å². The van der Waals surface area contributed by atoms with Crippen molar-refractivity contribution in [1.29, 1.82) is 0 Å². The van der Waals surface area contributed by atoms with Gasteiger partial charge in [-0.3, -0.25) is 4.79 Å². The first kappa shape index (κ1) is 18.9. The number of halogens is 3. The van der Waals surface area contributed by atoms with Crippen molar-refractivity contribution in [2.24, 2.45) is 5.92 Å². The Morgan fingerprint density at radius 3 is 2.50 bits per heavy atom. The molecule has 1 aliphatic carbocycles. The number of carbonyl (C=O) groups excluding carboxylic acids is 1. The van der Waals surface area contributed by atoms with Crippen LogP contribution in [0.1, 0.15) is 30.7 Å². The van der Waals surface area contributed by atoms with Crippen molar-refractivity contribution in [3.63, 3.8) is 0 Å². The van der Waals surface area contributed by atoms with Crippen LogP contribution in [0.5, 0.6) is 5.75 Å². The van der Waals surface area contributed by atoms with E-state index in [-0.39, 0.29) is 5.75 Å². The molecule has 1 aromatic carbocycles. The molecule has 142 valence electrons. The summed E-state index contributed by atoms with van der Waals surface area (Å²) in [6.07, 6.45) is -3.77. The van der Waals surface area contributed by atoms with Crippen molar-refractivity contribution in [3.05, 3.63) is 29.8 Å². The highest BCUT2D eigenvalue weighted by molar-refractivity contribution is 7.99. The number of carboxylic acid groups (broad SMARTS) is 1. The maximum Gasteiger partial charge on any atom is 0.573 e. The lowest BCUT2D eigenvalue weighted by atomic mass is 9.92. The van der Waals surface area contributed by atoms with E-state index in [1.165, 1.54) is 18.2 Å². The molecule has 1 amide bonds. The molecule has 2 unspecified atom stereocenters. The summed E-state index contributed by atoms with van der Waals surface area (Å²) in [7, 11) is 0. The van der Waals surface area contributed by atoms with Crippen LogP contribution in [0.3, 0.4) is 0 Å². The first-order valence-electron chi connectivity index (χ1n) is 8.20. The Morgan fingerprint density at radius 1 is 1.23 bits per heavy atom. The summed E-state index contributed by atoms with van der Waals surface area (Å²) >= 11 is 1.63. The molecule has 2 atom stereocenters. The molecule has 1 heterocycles. The van der Waals surface area contributed by atoms with Crippen molar-refractivity contribution in [1.82, 2.24) is 5.32 Å². The smallest absolute Gasteiger partial charge is 0.480 e. The second kappa shape index (κ2) is 7.02. The number of para-hydroxylation sites is 1. The Labute approximate surface area is 152 Å². The maximum atomic E-state index is 12.5. The highest BCUT2D eigenvalue weighted by Crippen LogP contribution is 2.51. The maximum absolute atomic E-state index is 12.5. The van der Waals surface area contributed by atoms with Gasteiger partial charge in [-0.1, -0.05) is 18.2 Å². The van der Waals surface area contributed by atoms with Gasteiger partial charge in [-0.25, -0.2) is 4.79 Å². The molecule has 1 saturated carbocycles. The van der Waals surface area contributed by atoms with E-state index in [0.29, 0.717) is 36.3 Å². The number of amides is 1. The fraction of sp³-hybridized carbons (Fsp3) is 0.529. The zero-order valence-electron chi connectivity index (χ0n) is 13.7. The van der Waals surface area contributed by atoms with Gasteiger partial charge in [0.05, 0.1) is 0 Å². The fourth-order valence-electron chi connectivity index (χ4n) is 3.27. The topological polar surface area (TPSA) is 75.6 Å². The van der Waals surface area contributed by atoms with Crippen LogP contribution in [0.25, 0.3) is 0 Å². The Hall–Kier alpha value is -1.90. The number of thioether (sulfide) groups is 1. The minimum atomic E-state index is -4.81. The molecule has 0 radical (unpaired) electrons. The van der Waals surface area contributed by atoms with Crippen molar-refractivity contribution >= 4 is 23.6 Å². The first-order valence-corrected chi connectivity index (χ1v) is 9.35. The molecule has 2 N–H and O–H groups in total. The van der Waals surface area contributed by atoms with Crippen molar-refractivity contribution in [2.45, 2.75) is 37.1 Å². The molecule has 9 heteroatoms. The van der Waals surface area contributed by atoms with Crippen LogP contribution in [-0.2, 0) is 9.59 Å². The van der Waals surface area contributed by atoms with Crippen molar-refractivity contribution in [3.8, 4) is 5.75 Å². The summed E-state index contributed by atoms with van der Waals surface area (Å²) in [5, 5.41) is 12.2. The largest absolute Gasteiger partial charge is 0.573 e. The highest BCUT2D eigenvalue weighted by atomic mass is 32.2. The van der Waals surface area contributed by atoms with Gasteiger partial charge in [-0.05, 0) is 48.3 Å². The lowest BCUT2D eigenvalue weighted by molar-refractivity contribution is -0.274. The molecule has 1 aliphatic heterocycles. The summed E-state index contributed by atoms with van der Waals surface area (Å²) in [5.41, 5.74) is -0.967. The molecule has 1 saturated heterocycles. The molecule has 1 aromatic rings. The summed E-state index contributed by atoms with van der Waals surface area (Å²) in [6.45, 7) is 0. The van der Waals surface area contributed by atoms with Gasteiger partial charge in [0, 0.05) is 5.92 Å². The lowest BCUT2D eigenvalue weighted by Gasteiger charge is -2.33.